The molecule has 2 aliphatic rings. The van der Waals surface area contributed by atoms with Crippen LogP contribution in [0.25, 0.3) is 0 Å². The molecule has 0 aromatic carbocycles. The molecule has 4 rings (SSSR count). The zero-order valence-corrected chi connectivity index (χ0v) is 16.5. The van der Waals surface area contributed by atoms with Gasteiger partial charge in [0.05, 0.1) is 13.2 Å². The van der Waals surface area contributed by atoms with E-state index in [1.54, 1.807) is 17.5 Å². The van der Waals surface area contributed by atoms with Gasteiger partial charge in [0.25, 0.3) is 5.91 Å². The third-order valence-electron chi connectivity index (χ3n) is 4.78. The Balaban J connectivity index is 1.47. The van der Waals surface area contributed by atoms with Gasteiger partial charge in [0, 0.05) is 35.2 Å². The summed E-state index contributed by atoms with van der Waals surface area (Å²) in [5.41, 5.74) is 2.38. The highest BCUT2D eigenvalue weighted by atomic mass is 79.9. The summed E-state index contributed by atoms with van der Waals surface area (Å²) in [5.74, 6) is 1.03. The second-order valence-corrected chi connectivity index (χ2v) is 8.39. The number of aromatic nitrogens is 1. The molecule has 5 nitrogen and oxygen atoms in total. The number of carbonyl (C=O) groups excluding carboxylic acids is 1. The Labute approximate surface area is 159 Å². The number of fused-ring (bicyclic) bond motifs is 1. The molecule has 0 saturated carbocycles. The maximum absolute atomic E-state index is 13.0. The summed E-state index contributed by atoms with van der Waals surface area (Å²) in [7, 11) is 0. The predicted molar refractivity (Wildman–Crippen MR) is 102 cm³/mol. The summed E-state index contributed by atoms with van der Waals surface area (Å²) >= 11 is 5.24. The van der Waals surface area contributed by atoms with Crippen molar-refractivity contribution >= 4 is 39.0 Å². The van der Waals surface area contributed by atoms with Crippen LogP contribution in [-0.4, -0.2) is 48.1 Å². The Morgan fingerprint density at radius 2 is 2.32 bits per heavy atom. The van der Waals surface area contributed by atoms with Crippen molar-refractivity contribution in [1.29, 1.82) is 0 Å². The standard InChI is InChI=1S/C18H20BrN3O2S/c1-12-8-14(19)9-20-17(12)21-5-6-24-15(11-21)18(23)22-4-2-16-13(10-22)3-7-25-16/h3,7-9,15H,2,4-6,10-11H2,1H3. The van der Waals surface area contributed by atoms with Gasteiger partial charge < -0.3 is 14.5 Å². The van der Waals surface area contributed by atoms with Gasteiger partial charge in [-0.2, -0.15) is 0 Å². The molecule has 4 heterocycles. The van der Waals surface area contributed by atoms with Gasteiger partial charge in [-0.1, -0.05) is 0 Å². The van der Waals surface area contributed by atoms with Gasteiger partial charge in [-0.05, 0) is 57.9 Å². The summed E-state index contributed by atoms with van der Waals surface area (Å²) in [6.07, 6.45) is 2.33. The van der Waals surface area contributed by atoms with Crippen molar-refractivity contribution in [3.8, 4) is 0 Å². The van der Waals surface area contributed by atoms with Gasteiger partial charge in [-0.25, -0.2) is 4.98 Å². The van der Waals surface area contributed by atoms with Gasteiger partial charge >= 0.3 is 0 Å². The van der Waals surface area contributed by atoms with Crippen molar-refractivity contribution in [3.05, 3.63) is 44.2 Å². The maximum Gasteiger partial charge on any atom is 0.253 e. The first-order valence-corrected chi connectivity index (χ1v) is 10.1. The van der Waals surface area contributed by atoms with E-state index in [-0.39, 0.29) is 5.91 Å². The largest absolute Gasteiger partial charge is 0.365 e. The van der Waals surface area contributed by atoms with Crippen molar-refractivity contribution in [2.45, 2.75) is 26.0 Å². The average Bonchev–Trinajstić information content (AvgIpc) is 3.09. The molecule has 2 aromatic heterocycles. The molecule has 1 amide bonds. The van der Waals surface area contributed by atoms with E-state index in [1.165, 1.54) is 10.4 Å². The third-order valence-corrected chi connectivity index (χ3v) is 6.23. The summed E-state index contributed by atoms with van der Waals surface area (Å²) in [4.78, 5) is 23.0. The fourth-order valence-electron chi connectivity index (χ4n) is 3.50. The van der Waals surface area contributed by atoms with Crippen LogP contribution in [0.4, 0.5) is 5.82 Å². The molecule has 1 atom stereocenters. The first-order valence-electron chi connectivity index (χ1n) is 8.44. The molecular weight excluding hydrogens is 402 g/mol. The number of thiophene rings is 1. The number of anilines is 1. The molecule has 1 fully saturated rings. The predicted octanol–water partition coefficient (Wildman–Crippen LogP) is 3.00. The van der Waals surface area contributed by atoms with E-state index in [4.69, 9.17) is 4.74 Å². The van der Waals surface area contributed by atoms with Gasteiger partial charge in [0.15, 0.2) is 6.10 Å². The van der Waals surface area contributed by atoms with E-state index in [1.807, 2.05) is 11.8 Å². The lowest BCUT2D eigenvalue weighted by Crippen LogP contribution is -2.52. The molecule has 2 aliphatic heterocycles. The average molecular weight is 422 g/mol. The lowest BCUT2D eigenvalue weighted by molar-refractivity contribution is -0.145. The number of hydrogen-bond acceptors (Lipinski definition) is 5. The first kappa shape index (κ1) is 17.0. The van der Waals surface area contributed by atoms with Gasteiger partial charge in [-0.15, -0.1) is 11.3 Å². The van der Waals surface area contributed by atoms with E-state index in [0.29, 0.717) is 19.7 Å². The second kappa shape index (κ2) is 7.05. The number of morpholine rings is 1. The normalized spacial score (nSPS) is 20.5. The molecule has 2 aromatic rings. The molecule has 1 unspecified atom stereocenters. The maximum atomic E-state index is 13.0. The highest BCUT2D eigenvalue weighted by Gasteiger charge is 2.32. The van der Waals surface area contributed by atoms with Crippen LogP contribution in [0.2, 0.25) is 0 Å². The van der Waals surface area contributed by atoms with Crippen molar-refractivity contribution in [1.82, 2.24) is 9.88 Å². The smallest absolute Gasteiger partial charge is 0.253 e. The Morgan fingerprint density at radius 1 is 1.44 bits per heavy atom. The van der Waals surface area contributed by atoms with E-state index >= 15 is 0 Å². The molecule has 0 spiro atoms. The molecular formula is C18H20BrN3O2S. The number of amides is 1. The molecule has 7 heteroatoms. The van der Waals surface area contributed by atoms with E-state index in [9.17, 15) is 4.79 Å². The zero-order valence-electron chi connectivity index (χ0n) is 14.1. The minimum Gasteiger partial charge on any atom is -0.365 e. The lowest BCUT2D eigenvalue weighted by Gasteiger charge is -2.37. The van der Waals surface area contributed by atoms with Gasteiger partial charge in [0.2, 0.25) is 0 Å². The fourth-order valence-corrected chi connectivity index (χ4v) is 4.83. The van der Waals surface area contributed by atoms with Crippen molar-refractivity contribution in [2.75, 3.05) is 31.1 Å². The van der Waals surface area contributed by atoms with Crippen molar-refractivity contribution in [3.63, 3.8) is 0 Å². The molecule has 0 radical (unpaired) electrons. The summed E-state index contributed by atoms with van der Waals surface area (Å²) in [6.45, 7) is 5.39. The number of rotatable bonds is 2. The number of halogens is 1. The van der Waals surface area contributed by atoms with E-state index in [2.05, 4.69) is 43.3 Å². The summed E-state index contributed by atoms with van der Waals surface area (Å²) < 4.78 is 6.78. The third kappa shape index (κ3) is 3.45. The lowest BCUT2D eigenvalue weighted by atomic mass is 10.1. The molecule has 0 N–H and O–H groups in total. The van der Waals surface area contributed by atoms with Crippen LogP contribution in [-0.2, 0) is 22.5 Å². The van der Waals surface area contributed by atoms with Gasteiger partial charge in [-0.3, -0.25) is 4.79 Å². The SMILES string of the molecule is Cc1cc(Br)cnc1N1CCOC(C(=O)N2CCc3sccc3C2)C1. The summed E-state index contributed by atoms with van der Waals surface area (Å²) in [5, 5.41) is 2.11. The molecule has 132 valence electrons. The van der Waals surface area contributed by atoms with Crippen LogP contribution in [0, 0.1) is 6.92 Å². The van der Waals surface area contributed by atoms with E-state index < -0.39 is 6.10 Å². The van der Waals surface area contributed by atoms with Gasteiger partial charge in [0.1, 0.15) is 5.82 Å². The molecule has 0 aliphatic carbocycles. The highest BCUT2D eigenvalue weighted by Crippen LogP contribution is 2.26. The number of hydrogen-bond donors (Lipinski definition) is 0. The molecule has 0 bridgehead atoms. The van der Waals surface area contributed by atoms with E-state index in [0.717, 1.165) is 35.4 Å². The van der Waals surface area contributed by atoms with Crippen LogP contribution < -0.4 is 4.90 Å². The topological polar surface area (TPSA) is 45.7 Å². The quantitative estimate of drug-likeness (QED) is 0.747. The summed E-state index contributed by atoms with van der Waals surface area (Å²) in [6, 6.07) is 4.18. The second-order valence-electron chi connectivity index (χ2n) is 6.48. The van der Waals surface area contributed by atoms with Crippen LogP contribution >= 0.6 is 27.3 Å². The number of aryl methyl sites for hydroxylation is 1. The van der Waals surface area contributed by atoms with Crippen LogP contribution in [0.1, 0.15) is 16.0 Å². The Hall–Kier alpha value is -1.44. The monoisotopic (exact) mass is 421 g/mol. The minimum absolute atomic E-state index is 0.0938. The highest BCUT2D eigenvalue weighted by molar-refractivity contribution is 9.10. The molecule has 1 saturated heterocycles. The Kier molecular flexibility index (Phi) is 4.80. The number of ether oxygens (including phenoxy) is 1. The van der Waals surface area contributed by atoms with Crippen LogP contribution in [0.5, 0.6) is 0 Å². The number of nitrogens with zero attached hydrogens (tertiary/aromatic N) is 3. The number of pyridine rings is 1. The van der Waals surface area contributed by atoms with Crippen LogP contribution in [0.15, 0.2) is 28.2 Å². The molecule has 25 heavy (non-hydrogen) atoms. The van der Waals surface area contributed by atoms with Crippen LogP contribution in [0.3, 0.4) is 0 Å². The fraction of sp³-hybridized carbons (Fsp3) is 0.444. The minimum atomic E-state index is -0.418. The Bertz CT molecular complexity index is 794. The first-order chi connectivity index (χ1) is 12.1. The van der Waals surface area contributed by atoms with Crippen molar-refractivity contribution in [2.24, 2.45) is 0 Å². The number of carbonyl (C=O) groups is 1. The van der Waals surface area contributed by atoms with Crippen molar-refractivity contribution < 1.29 is 9.53 Å². The zero-order chi connectivity index (χ0) is 17.4. The Morgan fingerprint density at radius 3 is 3.16 bits per heavy atom.